The Bertz CT molecular complexity index is 1390. The maximum Gasteiger partial charge on any atom is 0.244 e. The first-order valence-corrected chi connectivity index (χ1v) is 12.5. The van der Waals surface area contributed by atoms with E-state index in [2.05, 4.69) is 15.3 Å². The Morgan fingerprint density at radius 1 is 1.16 bits per heavy atom. The van der Waals surface area contributed by atoms with E-state index in [1.165, 1.54) is 15.6 Å². The minimum absolute atomic E-state index is 0.186. The van der Waals surface area contributed by atoms with Crippen LogP contribution in [0.25, 0.3) is 22.2 Å². The fourth-order valence-electron chi connectivity index (χ4n) is 4.00. The van der Waals surface area contributed by atoms with Gasteiger partial charge in [0.05, 0.1) is 11.9 Å². The highest BCUT2D eigenvalue weighted by atomic mass is 32.2. The van der Waals surface area contributed by atoms with Gasteiger partial charge in [0.15, 0.2) is 5.13 Å². The van der Waals surface area contributed by atoms with E-state index in [0.717, 1.165) is 39.5 Å². The van der Waals surface area contributed by atoms with Crippen LogP contribution in [-0.4, -0.2) is 40.9 Å². The normalized spacial score (nSPS) is 16.9. The van der Waals surface area contributed by atoms with Gasteiger partial charge in [-0.3, -0.25) is 4.79 Å². The second-order valence-corrected chi connectivity index (χ2v) is 10.4. The van der Waals surface area contributed by atoms with Gasteiger partial charge in [-0.05, 0) is 23.6 Å². The number of carbonyl (C=O) groups excluding carboxylic acids is 1. The number of H-pyrrole nitrogens is 1. The molecule has 9 heteroatoms. The van der Waals surface area contributed by atoms with Crippen LogP contribution in [0.2, 0.25) is 0 Å². The fraction of sp³-hybridized carbons (Fsp3) is 0.182. The van der Waals surface area contributed by atoms with Crippen LogP contribution in [-0.2, 0) is 27.8 Å². The lowest BCUT2D eigenvalue weighted by Crippen LogP contribution is -2.50. The number of fused-ring (bicyclic) bond motifs is 2. The predicted molar refractivity (Wildman–Crippen MR) is 122 cm³/mol. The average molecular weight is 453 g/mol. The van der Waals surface area contributed by atoms with Crippen LogP contribution in [0.5, 0.6) is 0 Å². The minimum Gasteiger partial charge on any atom is -0.360 e. The van der Waals surface area contributed by atoms with Crippen LogP contribution in [0.4, 0.5) is 5.13 Å². The molecule has 0 radical (unpaired) electrons. The molecule has 1 aliphatic rings. The number of hydrogen-bond acceptors (Lipinski definition) is 5. The van der Waals surface area contributed by atoms with Crippen molar-refractivity contribution < 1.29 is 13.2 Å². The Morgan fingerprint density at radius 2 is 1.90 bits per heavy atom. The van der Waals surface area contributed by atoms with Gasteiger partial charge in [-0.25, -0.2) is 13.4 Å². The Morgan fingerprint density at radius 3 is 2.71 bits per heavy atom. The molecule has 1 amide bonds. The Balaban J connectivity index is 1.41. The molecule has 0 bridgehead atoms. The van der Waals surface area contributed by atoms with Gasteiger partial charge < -0.3 is 10.3 Å². The van der Waals surface area contributed by atoms with Crippen LogP contribution in [0.1, 0.15) is 11.1 Å². The molecule has 3 heterocycles. The first-order chi connectivity index (χ1) is 14.9. The standard InChI is InChI=1S/C22H20N4O3S2/c1-31(28,29)26-12-15-7-3-2-6-14(15)10-20(26)21(27)25-22-24-19(13-30-22)17-11-23-18-9-5-4-8-16(17)18/h2-9,11,13,20,23H,10,12H2,1H3,(H,24,25,27)/t20-/m1/s1. The molecule has 5 rings (SSSR count). The minimum atomic E-state index is -3.56. The number of amides is 1. The molecule has 0 spiro atoms. The third kappa shape index (κ3) is 3.76. The lowest BCUT2D eigenvalue weighted by molar-refractivity contribution is -0.120. The van der Waals surface area contributed by atoms with Crippen molar-refractivity contribution in [3.63, 3.8) is 0 Å². The second kappa shape index (κ2) is 7.60. The first-order valence-electron chi connectivity index (χ1n) is 9.76. The van der Waals surface area contributed by atoms with Crippen molar-refractivity contribution in [2.24, 2.45) is 0 Å². The molecule has 2 aromatic heterocycles. The van der Waals surface area contributed by atoms with Crippen molar-refractivity contribution in [2.75, 3.05) is 11.6 Å². The Kier molecular flexibility index (Phi) is 4.88. The monoisotopic (exact) mass is 452 g/mol. The molecular formula is C22H20N4O3S2. The van der Waals surface area contributed by atoms with Crippen molar-refractivity contribution in [3.8, 4) is 11.3 Å². The van der Waals surface area contributed by atoms with Gasteiger partial charge in [0, 0.05) is 34.6 Å². The highest BCUT2D eigenvalue weighted by molar-refractivity contribution is 7.88. The predicted octanol–water partition coefficient (Wildman–Crippen LogP) is 3.62. The Hall–Kier alpha value is -3.01. The van der Waals surface area contributed by atoms with Gasteiger partial charge in [-0.2, -0.15) is 4.31 Å². The summed E-state index contributed by atoms with van der Waals surface area (Å²) in [5.41, 5.74) is 4.64. The summed E-state index contributed by atoms with van der Waals surface area (Å²) >= 11 is 1.32. The largest absolute Gasteiger partial charge is 0.360 e. The lowest BCUT2D eigenvalue weighted by Gasteiger charge is -2.33. The van der Waals surface area contributed by atoms with Gasteiger partial charge in [-0.1, -0.05) is 42.5 Å². The number of nitrogens with zero attached hydrogens (tertiary/aromatic N) is 2. The van der Waals surface area contributed by atoms with E-state index in [-0.39, 0.29) is 12.5 Å². The number of aromatic amines is 1. The number of carbonyl (C=O) groups is 1. The summed E-state index contributed by atoms with van der Waals surface area (Å²) in [5, 5.41) is 6.21. The van der Waals surface area contributed by atoms with E-state index >= 15 is 0 Å². The van der Waals surface area contributed by atoms with Crippen molar-refractivity contribution in [1.29, 1.82) is 0 Å². The molecule has 0 saturated heterocycles. The summed E-state index contributed by atoms with van der Waals surface area (Å²) < 4.78 is 26.0. The third-order valence-corrected chi connectivity index (χ3v) is 7.53. The van der Waals surface area contributed by atoms with Crippen LogP contribution in [0, 0.1) is 0 Å². The number of rotatable bonds is 4. The maximum atomic E-state index is 13.1. The molecule has 0 fully saturated rings. The molecule has 2 aromatic carbocycles. The van der Waals surface area contributed by atoms with Crippen LogP contribution in [0.15, 0.2) is 60.1 Å². The molecule has 31 heavy (non-hydrogen) atoms. The topological polar surface area (TPSA) is 95.2 Å². The number of nitrogens with one attached hydrogen (secondary N) is 2. The van der Waals surface area contributed by atoms with E-state index in [1.807, 2.05) is 60.1 Å². The molecule has 2 N–H and O–H groups in total. The van der Waals surface area contributed by atoms with E-state index in [4.69, 9.17) is 0 Å². The molecule has 0 aliphatic carbocycles. The number of para-hydroxylation sites is 1. The van der Waals surface area contributed by atoms with Gasteiger partial charge in [0.25, 0.3) is 0 Å². The van der Waals surface area contributed by atoms with E-state index in [9.17, 15) is 13.2 Å². The number of benzene rings is 2. The molecule has 158 valence electrons. The van der Waals surface area contributed by atoms with Crippen molar-refractivity contribution in [3.05, 3.63) is 71.2 Å². The van der Waals surface area contributed by atoms with E-state index in [1.54, 1.807) is 0 Å². The first kappa shape index (κ1) is 19.9. The molecule has 0 unspecified atom stereocenters. The van der Waals surface area contributed by atoms with Crippen molar-refractivity contribution >= 4 is 43.3 Å². The van der Waals surface area contributed by atoms with Crippen molar-refractivity contribution in [1.82, 2.24) is 14.3 Å². The maximum absolute atomic E-state index is 13.1. The molecular weight excluding hydrogens is 432 g/mol. The van der Waals surface area contributed by atoms with Gasteiger partial charge >= 0.3 is 0 Å². The highest BCUT2D eigenvalue weighted by Gasteiger charge is 2.37. The lowest BCUT2D eigenvalue weighted by atomic mass is 9.95. The van der Waals surface area contributed by atoms with Crippen LogP contribution >= 0.6 is 11.3 Å². The summed E-state index contributed by atoms with van der Waals surface area (Å²) in [6, 6.07) is 14.7. The fourth-order valence-corrected chi connectivity index (χ4v) is 5.72. The van der Waals surface area contributed by atoms with Gasteiger partial charge in [0.2, 0.25) is 15.9 Å². The summed E-state index contributed by atoms with van der Waals surface area (Å²) in [7, 11) is -3.56. The zero-order chi connectivity index (χ0) is 21.6. The van der Waals surface area contributed by atoms with Crippen molar-refractivity contribution in [2.45, 2.75) is 19.0 Å². The molecule has 1 atom stereocenters. The second-order valence-electron chi connectivity index (χ2n) is 7.57. The SMILES string of the molecule is CS(=O)(=O)N1Cc2ccccc2C[C@@H]1C(=O)Nc1nc(-c2c[nH]c3ccccc23)cs1. The van der Waals surface area contributed by atoms with Gasteiger partial charge in [-0.15, -0.1) is 11.3 Å². The molecule has 0 saturated carbocycles. The molecule has 4 aromatic rings. The van der Waals surface area contributed by atoms with Gasteiger partial charge in [0.1, 0.15) is 6.04 Å². The summed E-state index contributed by atoms with van der Waals surface area (Å²) in [6.07, 6.45) is 3.37. The number of aromatic nitrogens is 2. The van der Waals surface area contributed by atoms with E-state index < -0.39 is 16.1 Å². The summed E-state index contributed by atoms with van der Waals surface area (Å²) in [4.78, 5) is 20.9. The summed E-state index contributed by atoms with van der Waals surface area (Å²) in [5.74, 6) is -0.375. The average Bonchev–Trinajstić information content (AvgIpc) is 3.38. The summed E-state index contributed by atoms with van der Waals surface area (Å²) in [6.45, 7) is 0.186. The molecule has 1 aliphatic heterocycles. The number of anilines is 1. The third-order valence-electron chi connectivity index (χ3n) is 5.53. The molecule has 7 nitrogen and oxygen atoms in total. The number of thiazole rings is 1. The smallest absolute Gasteiger partial charge is 0.244 e. The Labute approximate surface area is 183 Å². The highest BCUT2D eigenvalue weighted by Crippen LogP contribution is 2.32. The van der Waals surface area contributed by atoms with Crippen LogP contribution in [0.3, 0.4) is 0 Å². The zero-order valence-electron chi connectivity index (χ0n) is 16.7. The number of sulfonamides is 1. The van der Waals surface area contributed by atoms with E-state index in [0.29, 0.717) is 11.6 Å². The number of hydrogen-bond donors (Lipinski definition) is 2. The van der Waals surface area contributed by atoms with Crippen LogP contribution < -0.4 is 5.32 Å². The zero-order valence-corrected chi connectivity index (χ0v) is 18.3. The quantitative estimate of drug-likeness (QED) is 0.494.